The van der Waals surface area contributed by atoms with Crippen LogP contribution in [0.4, 0.5) is 0 Å². The van der Waals surface area contributed by atoms with Crippen molar-refractivity contribution in [3.8, 4) is 5.75 Å². The molecule has 1 N–H and O–H groups in total. The monoisotopic (exact) mass is 426 g/mol. The lowest BCUT2D eigenvalue weighted by Gasteiger charge is -2.29. The number of phenols is 1. The first kappa shape index (κ1) is 20.0. The fourth-order valence-electron chi connectivity index (χ4n) is 4.51. The minimum absolute atomic E-state index is 0.0383. The fourth-order valence-corrected chi connectivity index (χ4v) is 4.51. The van der Waals surface area contributed by atoms with Crippen LogP contribution in [0.3, 0.4) is 0 Å². The SMILES string of the molecule is Cc1cc(CN2C(=O)c3ccccc3C2=O)cc(C(=O)N2CCc3ccccc3C2)c1O. The Labute approximate surface area is 185 Å². The van der Waals surface area contributed by atoms with Crippen LogP contribution in [0.25, 0.3) is 0 Å². The van der Waals surface area contributed by atoms with Gasteiger partial charge in [-0.2, -0.15) is 0 Å². The molecule has 5 rings (SSSR count). The van der Waals surface area contributed by atoms with Gasteiger partial charge in [-0.25, -0.2) is 0 Å². The zero-order valence-corrected chi connectivity index (χ0v) is 17.7. The van der Waals surface area contributed by atoms with E-state index in [1.807, 2.05) is 18.2 Å². The van der Waals surface area contributed by atoms with Gasteiger partial charge in [-0.05, 0) is 53.8 Å². The summed E-state index contributed by atoms with van der Waals surface area (Å²) in [6.07, 6.45) is 0.760. The summed E-state index contributed by atoms with van der Waals surface area (Å²) in [6, 6.07) is 18.1. The highest BCUT2D eigenvalue weighted by Gasteiger charge is 2.35. The Morgan fingerprint density at radius 1 is 0.938 bits per heavy atom. The summed E-state index contributed by atoms with van der Waals surface area (Å²) in [6.45, 7) is 2.80. The minimum atomic E-state index is -0.350. The van der Waals surface area contributed by atoms with Gasteiger partial charge in [-0.3, -0.25) is 19.3 Å². The maximum Gasteiger partial charge on any atom is 0.261 e. The molecule has 0 aromatic heterocycles. The van der Waals surface area contributed by atoms with Gasteiger partial charge < -0.3 is 10.0 Å². The second kappa shape index (κ2) is 7.64. The fraction of sp³-hybridized carbons (Fsp3) is 0.192. The van der Waals surface area contributed by atoms with Crippen molar-refractivity contribution in [2.45, 2.75) is 26.4 Å². The molecule has 160 valence electrons. The predicted molar refractivity (Wildman–Crippen MR) is 118 cm³/mol. The lowest BCUT2D eigenvalue weighted by Crippen LogP contribution is -2.36. The van der Waals surface area contributed by atoms with Gasteiger partial charge in [0.25, 0.3) is 17.7 Å². The van der Waals surface area contributed by atoms with Crippen molar-refractivity contribution in [2.24, 2.45) is 0 Å². The van der Waals surface area contributed by atoms with E-state index in [1.165, 1.54) is 10.5 Å². The van der Waals surface area contributed by atoms with Crippen molar-refractivity contribution in [3.05, 3.63) is 99.6 Å². The molecule has 2 aliphatic heterocycles. The molecule has 3 aromatic carbocycles. The second-order valence-electron chi connectivity index (χ2n) is 8.30. The lowest BCUT2D eigenvalue weighted by atomic mass is 9.98. The molecule has 0 fully saturated rings. The smallest absolute Gasteiger partial charge is 0.261 e. The number of phenolic OH excluding ortho intramolecular Hbond substituents is 1. The molecule has 0 atom stereocenters. The van der Waals surface area contributed by atoms with Gasteiger partial charge in [0.05, 0.1) is 23.2 Å². The van der Waals surface area contributed by atoms with Crippen molar-refractivity contribution >= 4 is 17.7 Å². The number of amides is 3. The molecule has 0 radical (unpaired) electrons. The van der Waals surface area contributed by atoms with Gasteiger partial charge in [-0.1, -0.05) is 42.5 Å². The molecule has 2 aliphatic rings. The number of imide groups is 1. The van der Waals surface area contributed by atoms with Crippen LogP contribution in [-0.2, 0) is 19.5 Å². The number of carbonyl (C=O) groups is 3. The van der Waals surface area contributed by atoms with E-state index in [4.69, 9.17) is 0 Å². The molecule has 0 unspecified atom stereocenters. The van der Waals surface area contributed by atoms with E-state index >= 15 is 0 Å². The number of fused-ring (bicyclic) bond motifs is 2. The molecule has 32 heavy (non-hydrogen) atoms. The molecule has 6 nitrogen and oxygen atoms in total. The van der Waals surface area contributed by atoms with Gasteiger partial charge in [-0.15, -0.1) is 0 Å². The van der Waals surface area contributed by atoms with Crippen molar-refractivity contribution in [1.29, 1.82) is 0 Å². The number of hydrogen-bond acceptors (Lipinski definition) is 4. The van der Waals surface area contributed by atoms with Crippen LogP contribution >= 0.6 is 0 Å². The van der Waals surface area contributed by atoms with Gasteiger partial charge in [0.2, 0.25) is 0 Å². The third kappa shape index (κ3) is 3.24. The lowest BCUT2D eigenvalue weighted by molar-refractivity contribution is 0.0642. The Kier molecular flexibility index (Phi) is 4.78. The molecular weight excluding hydrogens is 404 g/mol. The Hall–Kier alpha value is -3.93. The maximum atomic E-state index is 13.3. The molecule has 0 saturated heterocycles. The molecular formula is C26H22N2O4. The number of nitrogens with zero attached hydrogens (tertiary/aromatic N) is 2. The molecule has 0 bridgehead atoms. The van der Waals surface area contributed by atoms with Gasteiger partial charge >= 0.3 is 0 Å². The van der Waals surface area contributed by atoms with Crippen molar-refractivity contribution in [3.63, 3.8) is 0 Å². The van der Waals surface area contributed by atoms with Gasteiger partial charge in [0, 0.05) is 13.1 Å². The average Bonchev–Trinajstić information content (AvgIpc) is 3.05. The summed E-state index contributed by atoms with van der Waals surface area (Å²) < 4.78 is 0. The first-order valence-corrected chi connectivity index (χ1v) is 10.6. The van der Waals surface area contributed by atoms with Gasteiger partial charge in [0.15, 0.2) is 0 Å². The number of carbonyl (C=O) groups excluding carboxylic acids is 3. The number of hydrogen-bond donors (Lipinski definition) is 1. The van der Waals surface area contributed by atoms with Crippen molar-refractivity contribution < 1.29 is 19.5 Å². The van der Waals surface area contributed by atoms with E-state index in [2.05, 4.69) is 6.07 Å². The summed E-state index contributed by atoms with van der Waals surface area (Å²) in [7, 11) is 0. The molecule has 6 heteroatoms. The van der Waals surface area contributed by atoms with Crippen LogP contribution in [0, 0.1) is 6.92 Å². The zero-order valence-electron chi connectivity index (χ0n) is 17.7. The quantitative estimate of drug-likeness (QED) is 0.648. The largest absolute Gasteiger partial charge is 0.507 e. The number of rotatable bonds is 3. The topological polar surface area (TPSA) is 77.9 Å². The van der Waals surface area contributed by atoms with E-state index < -0.39 is 0 Å². The van der Waals surface area contributed by atoms with E-state index in [0.717, 1.165) is 12.0 Å². The van der Waals surface area contributed by atoms with E-state index in [9.17, 15) is 19.5 Å². The normalized spacial score (nSPS) is 15.0. The Morgan fingerprint density at radius 3 is 2.25 bits per heavy atom. The Bertz CT molecular complexity index is 1250. The third-order valence-corrected chi connectivity index (χ3v) is 6.23. The highest BCUT2D eigenvalue weighted by atomic mass is 16.3. The summed E-state index contributed by atoms with van der Waals surface area (Å²) in [5.41, 5.74) is 4.45. The standard InChI is InChI=1S/C26H22N2O4/c1-16-12-17(14-28-25(31)20-8-4-5-9-21(20)26(28)32)13-22(23(16)29)24(30)27-11-10-18-6-2-3-7-19(18)15-27/h2-9,12-13,29H,10-11,14-15H2,1H3. The first-order chi connectivity index (χ1) is 15.4. The van der Waals surface area contributed by atoms with Crippen molar-refractivity contribution in [1.82, 2.24) is 9.80 Å². The van der Waals surface area contributed by atoms with E-state index in [1.54, 1.807) is 48.2 Å². The average molecular weight is 426 g/mol. The molecule has 3 aromatic rings. The highest BCUT2D eigenvalue weighted by molar-refractivity contribution is 6.21. The first-order valence-electron chi connectivity index (χ1n) is 10.6. The predicted octanol–water partition coefficient (Wildman–Crippen LogP) is 3.70. The second-order valence-corrected chi connectivity index (χ2v) is 8.30. The molecule has 0 aliphatic carbocycles. The van der Waals surface area contributed by atoms with Crippen LogP contribution in [0.15, 0.2) is 60.7 Å². The molecule has 2 heterocycles. The van der Waals surface area contributed by atoms with Crippen LogP contribution in [0.2, 0.25) is 0 Å². The number of aromatic hydroxyl groups is 1. The van der Waals surface area contributed by atoms with Crippen molar-refractivity contribution in [2.75, 3.05) is 6.54 Å². The summed E-state index contributed by atoms with van der Waals surface area (Å²) >= 11 is 0. The highest BCUT2D eigenvalue weighted by Crippen LogP contribution is 2.30. The Balaban J connectivity index is 1.42. The van der Waals surface area contributed by atoms with E-state index in [0.29, 0.717) is 35.3 Å². The summed E-state index contributed by atoms with van der Waals surface area (Å²) in [4.78, 5) is 41.7. The summed E-state index contributed by atoms with van der Waals surface area (Å²) in [5.74, 6) is -1.03. The van der Waals surface area contributed by atoms with Crippen LogP contribution in [0.1, 0.15) is 53.3 Å². The van der Waals surface area contributed by atoms with Crippen LogP contribution in [0.5, 0.6) is 5.75 Å². The zero-order chi connectivity index (χ0) is 22.4. The molecule has 0 saturated carbocycles. The molecule has 0 spiro atoms. The maximum absolute atomic E-state index is 13.3. The molecule has 3 amide bonds. The number of benzene rings is 3. The van der Waals surface area contributed by atoms with Gasteiger partial charge in [0.1, 0.15) is 5.75 Å². The van der Waals surface area contributed by atoms with E-state index in [-0.39, 0.29) is 35.6 Å². The Morgan fingerprint density at radius 2 is 1.56 bits per heavy atom. The van der Waals surface area contributed by atoms with Crippen LogP contribution in [-0.4, -0.2) is 39.2 Å². The number of aryl methyl sites for hydroxylation is 1. The van der Waals surface area contributed by atoms with Crippen LogP contribution < -0.4 is 0 Å². The third-order valence-electron chi connectivity index (χ3n) is 6.23. The summed E-state index contributed by atoms with van der Waals surface area (Å²) in [5, 5.41) is 10.6. The minimum Gasteiger partial charge on any atom is -0.507 e.